The third kappa shape index (κ3) is 4.12. The molecule has 0 heterocycles. The molecule has 0 radical (unpaired) electrons. The van der Waals surface area contributed by atoms with Gasteiger partial charge in [-0.25, -0.2) is 0 Å². The number of alkyl halides is 2. The molecular formula is C15H18Cl2N2O3. The minimum Gasteiger partial charge on any atom is -0.394 e. The molecule has 2 rings (SSSR count). The third-order valence-corrected chi connectivity index (χ3v) is 4.44. The van der Waals surface area contributed by atoms with Crippen molar-refractivity contribution in [3.8, 4) is 0 Å². The Balaban J connectivity index is 1.93. The monoisotopic (exact) mass is 344 g/mol. The lowest BCUT2D eigenvalue weighted by atomic mass is 10.1. The molecule has 2 amide bonds. The molecule has 120 valence electrons. The highest BCUT2D eigenvalue weighted by Gasteiger charge is 2.56. The molecule has 2 unspecified atom stereocenters. The van der Waals surface area contributed by atoms with Gasteiger partial charge in [0.15, 0.2) is 0 Å². The highest BCUT2D eigenvalue weighted by atomic mass is 35.5. The van der Waals surface area contributed by atoms with Crippen LogP contribution in [-0.2, 0) is 4.79 Å². The van der Waals surface area contributed by atoms with Crippen molar-refractivity contribution in [1.29, 1.82) is 0 Å². The Bertz CT molecular complexity index is 556. The maximum absolute atomic E-state index is 12.0. The maximum atomic E-state index is 12.0. The lowest BCUT2D eigenvalue weighted by molar-refractivity contribution is -0.117. The van der Waals surface area contributed by atoms with E-state index in [1.165, 1.54) is 0 Å². The Morgan fingerprint density at radius 2 is 1.95 bits per heavy atom. The smallest absolute Gasteiger partial charge is 0.251 e. The van der Waals surface area contributed by atoms with Crippen molar-refractivity contribution in [3.05, 3.63) is 29.8 Å². The second kappa shape index (κ2) is 6.86. The van der Waals surface area contributed by atoms with Crippen LogP contribution in [0.5, 0.6) is 0 Å². The van der Waals surface area contributed by atoms with Crippen molar-refractivity contribution < 1.29 is 14.7 Å². The number of carbonyl (C=O) groups excluding carboxylic acids is 2. The van der Waals surface area contributed by atoms with Gasteiger partial charge in [-0.1, -0.05) is 6.92 Å². The quantitative estimate of drug-likeness (QED) is 0.693. The van der Waals surface area contributed by atoms with Gasteiger partial charge in [0.2, 0.25) is 5.91 Å². The SMILES string of the molecule is CCC(CO)NC(=O)c1ccc(NC(=O)C2CC2(Cl)Cl)cc1. The van der Waals surface area contributed by atoms with E-state index >= 15 is 0 Å². The fourth-order valence-electron chi connectivity index (χ4n) is 1.98. The summed E-state index contributed by atoms with van der Waals surface area (Å²) in [6.07, 6.45) is 1.10. The number of hydrogen-bond donors (Lipinski definition) is 3. The molecule has 0 saturated heterocycles. The van der Waals surface area contributed by atoms with Crippen LogP contribution in [-0.4, -0.2) is 33.9 Å². The van der Waals surface area contributed by atoms with Gasteiger partial charge in [0, 0.05) is 11.3 Å². The second-order valence-corrected chi connectivity index (χ2v) is 6.89. The van der Waals surface area contributed by atoms with Crippen molar-refractivity contribution in [3.63, 3.8) is 0 Å². The molecule has 5 nitrogen and oxygen atoms in total. The van der Waals surface area contributed by atoms with E-state index in [9.17, 15) is 9.59 Å². The molecule has 1 saturated carbocycles. The first-order valence-electron chi connectivity index (χ1n) is 7.08. The normalized spacial score (nSPS) is 20.1. The van der Waals surface area contributed by atoms with Crippen molar-refractivity contribution >= 4 is 40.7 Å². The van der Waals surface area contributed by atoms with Gasteiger partial charge in [0.1, 0.15) is 4.33 Å². The lowest BCUT2D eigenvalue weighted by Crippen LogP contribution is -2.36. The summed E-state index contributed by atoms with van der Waals surface area (Å²) >= 11 is 11.7. The van der Waals surface area contributed by atoms with Crippen LogP contribution < -0.4 is 10.6 Å². The number of aliphatic hydroxyl groups is 1. The molecule has 1 aromatic carbocycles. The van der Waals surface area contributed by atoms with E-state index in [1.807, 2.05) is 6.92 Å². The number of benzene rings is 1. The summed E-state index contributed by atoms with van der Waals surface area (Å²) in [6.45, 7) is 1.78. The Morgan fingerprint density at radius 1 is 1.36 bits per heavy atom. The zero-order valence-electron chi connectivity index (χ0n) is 12.1. The molecular weight excluding hydrogens is 327 g/mol. The maximum Gasteiger partial charge on any atom is 0.251 e. The minimum atomic E-state index is -0.955. The molecule has 0 aliphatic heterocycles. The molecule has 2 atom stereocenters. The zero-order chi connectivity index (χ0) is 16.3. The van der Waals surface area contributed by atoms with Crippen LogP contribution in [0, 0.1) is 5.92 Å². The van der Waals surface area contributed by atoms with Gasteiger partial charge in [0.05, 0.1) is 18.6 Å². The molecule has 7 heteroatoms. The van der Waals surface area contributed by atoms with Crippen LogP contribution >= 0.6 is 23.2 Å². The predicted octanol–water partition coefficient (Wildman–Crippen LogP) is 2.32. The molecule has 1 aliphatic rings. The van der Waals surface area contributed by atoms with Crippen molar-refractivity contribution in [2.75, 3.05) is 11.9 Å². The summed E-state index contributed by atoms with van der Waals surface area (Å²) < 4.78 is -0.955. The Hall–Kier alpha value is -1.30. The van der Waals surface area contributed by atoms with Crippen LogP contribution in [0.1, 0.15) is 30.1 Å². The summed E-state index contributed by atoms with van der Waals surface area (Å²) in [6, 6.07) is 6.23. The van der Waals surface area contributed by atoms with Gasteiger partial charge in [0.25, 0.3) is 5.91 Å². The number of carbonyl (C=O) groups is 2. The Kier molecular flexibility index (Phi) is 5.32. The van der Waals surface area contributed by atoms with E-state index in [-0.39, 0.29) is 24.5 Å². The summed E-state index contributed by atoms with van der Waals surface area (Å²) in [4.78, 5) is 23.8. The van der Waals surface area contributed by atoms with E-state index in [1.54, 1.807) is 24.3 Å². The minimum absolute atomic E-state index is 0.101. The number of amides is 2. The number of anilines is 1. The standard InChI is InChI=1S/C15H18Cl2N2O3/c1-2-10(8-20)18-13(21)9-3-5-11(6-4-9)19-14(22)12-7-15(12,16)17/h3-6,10,12,20H,2,7-8H2,1H3,(H,18,21)(H,19,22). The molecule has 1 aromatic rings. The summed E-state index contributed by atoms with van der Waals surface area (Å²) in [5, 5.41) is 14.5. The highest BCUT2D eigenvalue weighted by Crippen LogP contribution is 2.53. The average molecular weight is 345 g/mol. The first kappa shape index (κ1) is 17.1. The summed E-state index contributed by atoms with van der Waals surface area (Å²) in [5.74, 6) is -0.885. The topological polar surface area (TPSA) is 78.4 Å². The fraction of sp³-hybridized carbons (Fsp3) is 0.467. The molecule has 0 aromatic heterocycles. The fourth-order valence-corrected chi connectivity index (χ4v) is 2.48. The van der Waals surface area contributed by atoms with Crippen LogP contribution in [0.15, 0.2) is 24.3 Å². The van der Waals surface area contributed by atoms with E-state index in [0.29, 0.717) is 24.1 Å². The number of halogens is 2. The van der Waals surface area contributed by atoms with Gasteiger partial charge in [-0.15, -0.1) is 23.2 Å². The predicted molar refractivity (Wildman–Crippen MR) is 86.2 cm³/mol. The van der Waals surface area contributed by atoms with E-state index < -0.39 is 10.3 Å². The van der Waals surface area contributed by atoms with Crippen LogP contribution in [0.25, 0.3) is 0 Å². The third-order valence-electron chi connectivity index (χ3n) is 3.61. The van der Waals surface area contributed by atoms with Crippen molar-refractivity contribution in [2.45, 2.75) is 30.1 Å². The second-order valence-electron chi connectivity index (χ2n) is 5.35. The number of nitrogens with one attached hydrogen (secondary N) is 2. The van der Waals surface area contributed by atoms with Gasteiger partial charge >= 0.3 is 0 Å². The summed E-state index contributed by atoms with van der Waals surface area (Å²) in [5.41, 5.74) is 1.03. The first-order valence-corrected chi connectivity index (χ1v) is 7.83. The number of hydrogen-bond acceptors (Lipinski definition) is 3. The Morgan fingerprint density at radius 3 is 2.41 bits per heavy atom. The molecule has 0 bridgehead atoms. The van der Waals surface area contributed by atoms with Crippen LogP contribution in [0.4, 0.5) is 5.69 Å². The molecule has 1 fully saturated rings. The van der Waals surface area contributed by atoms with Gasteiger partial charge in [-0.2, -0.15) is 0 Å². The van der Waals surface area contributed by atoms with Crippen molar-refractivity contribution in [1.82, 2.24) is 5.32 Å². The van der Waals surface area contributed by atoms with Crippen LogP contribution in [0.2, 0.25) is 0 Å². The van der Waals surface area contributed by atoms with E-state index in [0.717, 1.165) is 0 Å². The highest BCUT2D eigenvalue weighted by molar-refractivity contribution is 6.52. The molecule has 0 spiro atoms. The van der Waals surface area contributed by atoms with E-state index in [4.69, 9.17) is 28.3 Å². The average Bonchev–Trinajstić information content (AvgIpc) is 3.14. The molecule has 22 heavy (non-hydrogen) atoms. The number of rotatable bonds is 6. The lowest BCUT2D eigenvalue weighted by Gasteiger charge is -2.14. The number of aliphatic hydroxyl groups excluding tert-OH is 1. The van der Waals surface area contributed by atoms with Gasteiger partial charge in [-0.05, 0) is 37.1 Å². The van der Waals surface area contributed by atoms with Gasteiger partial charge < -0.3 is 15.7 Å². The van der Waals surface area contributed by atoms with Crippen LogP contribution in [0.3, 0.4) is 0 Å². The molecule has 1 aliphatic carbocycles. The first-order chi connectivity index (χ1) is 10.4. The van der Waals surface area contributed by atoms with E-state index in [2.05, 4.69) is 10.6 Å². The zero-order valence-corrected chi connectivity index (χ0v) is 13.6. The van der Waals surface area contributed by atoms with Crippen molar-refractivity contribution in [2.24, 2.45) is 5.92 Å². The van der Waals surface area contributed by atoms with Gasteiger partial charge in [-0.3, -0.25) is 9.59 Å². The molecule has 3 N–H and O–H groups in total. The summed E-state index contributed by atoms with van der Waals surface area (Å²) in [7, 11) is 0. The largest absolute Gasteiger partial charge is 0.394 e. The Labute approximate surface area is 139 Å².